The Morgan fingerprint density at radius 3 is 2.38 bits per heavy atom. The highest BCUT2D eigenvalue weighted by atomic mass is 32.2. The third-order valence-electron chi connectivity index (χ3n) is 4.25. The summed E-state index contributed by atoms with van der Waals surface area (Å²) in [4.78, 5) is 48.6. The van der Waals surface area contributed by atoms with E-state index in [0.717, 1.165) is 0 Å². The minimum Gasteiger partial charge on any atom is -0.387 e. The molecule has 7 N–H and O–H groups in total. The molecule has 1 saturated heterocycles. The minimum atomic E-state index is -5.71. The molecule has 2 aromatic heterocycles. The number of rotatable bonds is 10. The second-order valence-electron chi connectivity index (χ2n) is 6.57. The fourth-order valence-corrected chi connectivity index (χ4v) is 6.31. The van der Waals surface area contributed by atoms with E-state index in [9.17, 15) is 33.7 Å². The van der Waals surface area contributed by atoms with Gasteiger partial charge in [-0.25, -0.2) is 28.6 Å². The number of hydrogen-bond acceptors (Lipinski definition) is 14. The number of aromatic nitrogens is 4. The van der Waals surface area contributed by atoms with Crippen LogP contribution in [0, 0.1) is 0 Å². The number of ether oxygens (including phenoxy) is 1. The molecule has 18 nitrogen and oxygen atoms in total. The molecule has 0 spiro atoms. The maximum absolute atomic E-state index is 11.9. The molecule has 2 unspecified atom stereocenters. The Morgan fingerprint density at radius 1 is 1.12 bits per heavy atom. The van der Waals surface area contributed by atoms with E-state index in [1.54, 1.807) is 13.3 Å². The molecule has 0 saturated carbocycles. The Morgan fingerprint density at radius 2 is 1.79 bits per heavy atom. The lowest BCUT2D eigenvalue weighted by molar-refractivity contribution is -0.0503. The van der Waals surface area contributed by atoms with E-state index in [0.29, 0.717) is 16.5 Å². The van der Waals surface area contributed by atoms with Crippen molar-refractivity contribution in [2.24, 2.45) is 0 Å². The van der Waals surface area contributed by atoms with Crippen LogP contribution >= 0.6 is 35.2 Å². The van der Waals surface area contributed by atoms with Gasteiger partial charge < -0.3 is 39.8 Å². The van der Waals surface area contributed by atoms with Crippen LogP contribution in [0.25, 0.3) is 11.2 Å². The van der Waals surface area contributed by atoms with E-state index in [-0.39, 0.29) is 5.65 Å². The highest BCUT2D eigenvalue weighted by Gasteiger charge is 2.47. The predicted molar refractivity (Wildman–Crippen MR) is 112 cm³/mol. The van der Waals surface area contributed by atoms with E-state index < -0.39 is 54.6 Å². The third-order valence-corrected chi connectivity index (χ3v) is 8.60. The van der Waals surface area contributed by atoms with Gasteiger partial charge in [0.1, 0.15) is 18.3 Å². The molecule has 1 fully saturated rings. The molecular weight excluding hydrogens is 547 g/mol. The number of imidazole rings is 1. The number of nitrogens with one attached hydrogen (secondary N) is 1. The molecule has 1 aliphatic rings. The van der Waals surface area contributed by atoms with Crippen LogP contribution in [-0.2, 0) is 31.6 Å². The Kier molecular flexibility index (Phi) is 8.24. The topological polar surface area (TPSA) is 265 Å². The highest BCUT2D eigenvalue weighted by Crippen LogP contribution is 2.66. The number of phosphoric acid groups is 3. The molecule has 2 aromatic rings. The number of hydrogen-bond donors (Lipinski definition) is 7. The monoisotopic (exact) mass is 567 g/mol. The summed E-state index contributed by atoms with van der Waals surface area (Å²) < 4.78 is 52.5. The first-order valence-corrected chi connectivity index (χ1v) is 14.7. The molecule has 0 aliphatic carbocycles. The molecule has 6 atom stereocenters. The molecule has 0 bridgehead atoms. The van der Waals surface area contributed by atoms with Crippen molar-refractivity contribution >= 4 is 52.2 Å². The van der Waals surface area contributed by atoms with Gasteiger partial charge in [0.2, 0.25) is 0 Å². The molecule has 0 radical (unpaired) electrons. The number of nitrogens with zero attached hydrogens (tertiary/aromatic N) is 4. The normalized spacial score (nSPS) is 26.9. The Bertz CT molecular complexity index is 1190. The molecule has 192 valence electrons. The fraction of sp³-hybridized carbons (Fsp3) is 0.583. The van der Waals surface area contributed by atoms with Gasteiger partial charge >= 0.3 is 23.5 Å². The van der Waals surface area contributed by atoms with E-state index in [1.807, 2.05) is 0 Å². The van der Waals surface area contributed by atoms with E-state index in [4.69, 9.17) is 14.5 Å². The van der Waals surface area contributed by atoms with Crippen LogP contribution in [0.3, 0.4) is 0 Å². The number of thioether (sulfide) groups is 1. The molecule has 0 amide bonds. The molecule has 34 heavy (non-hydrogen) atoms. The van der Waals surface area contributed by atoms with E-state index in [2.05, 4.69) is 33.4 Å². The van der Waals surface area contributed by atoms with Crippen molar-refractivity contribution in [2.45, 2.75) is 29.7 Å². The summed E-state index contributed by atoms with van der Waals surface area (Å²) in [5.74, 6) is 0.394. The molecular formula is C12H20N5O13P3S. The van der Waals surface area contributed by atoms with Crippen LogP contribution in [0.5, 0.6) is 0 Å². The Labute approximate surface area is 194 Å². The third kappa shape index (κ3) is 6.40. The fourth-order valence-electron chi connectivity index (χ4n) is 2.92. The standard InChI is InChI=1S/C12H20N5O13P3S/c1-13-9-6-10(16-12(15-9)34-2)17(4-14-6)11-8(19)7(18)5(28-11)3-27-32(23,24)30-33(25,26)29-31(20,21)22/h4-5,7-8,11,18-19H,3H2,1-2H3,(H,23,24)(H,25,26)(H,13,15,16)(H2,20,21,22)/t5-,7-,8-,11-/m1/s1. The average molecular weight is 567 g/mol. The van der Waals surface area contributed by atoms with Gasteiger partial charge in [-0.15, -0.1) is 0 Å². The van der Waals surface area contributed by atoms with Crippen LogP contribution < -0.4 is 5.32 Å². The zero-order chi connectivity index (χ0) is 25.5. The van der Waals surface area contributed by atoms with Crippen molar-refractivity contribution in [3.8, 4) is 0 Å². The molecule has 0 aromatic carbocycles. The first-order chi connectivity index (χ1) is 15.7. The van der Waals surface area contributed by atoms with Crippen LogP contribution in [0.4, 0.5) is 5.82 Å². The lowest BCUT2D eigenvalue weighted by Gasteiger charge is -2.19. The largest absolute Gasteiger partial charge is 0.490 e. The zero-order valence-corrected chi connectivity index (χ0v) is 20.7. The number of aliphatic hydroxyl groups excluding tert-OH is 2. The molecule has 1 aliphatic heterocycles. The maximum Gasteiger partial charge on any atom is 0.490 e. The minimum absolute atomic E-state index is 0.244. The summed E-state index contributed by atoms with van der Waals surface area (Å²) in [6.07, 6.45) is -2.96. The summed E-state index contributed by atoms with van der Waals surface area (Å²) in [5.41, 5.74) is 0.579. The van der Waals surface area contributed by atoms with Gasteiger partial charge in [-0.3, -0.25) is 9.09 Å². The van der Waals surface area contributed by atoms with Crippen molar-refractivity contribution < 1.29 is 61.4 Å². The van der Waals surface area contributed by atoms with Gasteiger partial charge in [-0.05, 0) is 6.26 Å². The maximum atomic E-state index is 11.9. The van der Waals surface area contributed by atoms with E-state index >= 15 is 0 Å². The molecule has 3 rings (SSSR count). The smallest absolute Gasteiger partial charge is 0.387 e. The number of phosphoric ester groups is 1. The van der Waals surface area contributed by atoms with Crippen LogP contribution in [-0.4, -0.2) is 87.5 Å². The van der Waals surface area contributed by atoms with Gasteiger partial charge in [-0.2, -0.15) is 8.62 Å². The Hall–Kier alpha value is -1.01. The second kappa shape index (κ2) is 10.2. The van der Waals surface area contributed by atoms with Gasteiger partial charge in [0, 0.05) is 7.05 Å². The predicted octanol–water partition coefficient (Wildman–Crippen LogP) is -0.448. The molecule has 22 heteroatoms. The SMILES string of the molecule is CNc1nc(SC)nc2c1ncn2[C@@H]1O[C@H](COP(=O)(O)OP(=O)(O)OP(=O)(O)O)[C@@H](O)[C@H]1O. The van der Waals surface area contributed by atoms with E-state index in [1.165, 1.54) is 22.7 Å². The first kappa shape index (κ1) is 27.6. The van der Waals surface area contributed by atoms with Crippen molar-refractivity contribution in [1.29, 1.82) is 0 Å². The van der Waals surface area contributed by atoms with Crippen molar-refractivity contribution in [3.05, 3.63) is 6.33 Å². The number of fused-ring (bicyclic) bond motifs is 1. The highest BCUT2D eigenvalue weighted by molar-refractivity contribution is 7.98. The Balaban J connectivity index is 1.75. The van der Waals surface area contributed by atoms with Crippen molar-refractivity contribution in [3.63, 3.8) is 0 Å². The van der Waals surface area contributed by atoms with Gasteiger partial charge in [0.25, 0.3) is 0 Å². The number of anilines is 1. The average Bonchev–Trinajstić information content (AvgIpc) is 3.24. The van der Waals surface area contributed by atoms with Gasteiger partial charge in [0.05, 0.1) is 12.9 Å². The number of aliphatic hydroxyl groups is 2. The van der Waals surface area contributed by atoms with Crippen LogP contribution in [0.2, 0.25) is 0 Å². The van der Waals surface area contributed by atoms with Gasteiger partial charge in [0.15, 0.2) is 28.4 Å². The summed E-state index contributed by atoms with van der Waals surface area (Å²) >= 11 is 1.24. The first-order valence-electron chi connectivity index (χ1n) is 8.92. The quantitative estimate of drug-likeness (QED) is 0.109. The van der Waals surface area contributed by atoms with Crippen LogP contribution in [0.15, 0.2) is 11.5 Å². The lowest BCUT2D eigenvalue weighted by Crippen LogP contribution is -2.33. The summed E-state index contributed by atoms with van der Waals surface area (Å²) in [6, 6.07) is 0. The second-order valence-corrected chi connectivity index (χ2v) is 11.8. The van der Waals surface area contributed by atoms with Crippen molar-refractivity contribution in [1.82, 2.24) is 19.5 Å². The molecule has 3 heterocycles. The van der Waals surface area contributed by atoms with Gasteiger partial charge in [-0.1, -0.05) is 11.8 Å². The zero-order valence-electron chi connectivity index (χ0n) is 17.2. The summed E-state index contributed by atoms with van der Waals surface area (Å²) in [5, 5.41) is 24.0. The lowest BCUT2D eigenvalue weighted by atomic mass is 10.1. The van der Waals surface area contributed by atoms with Crippen molar-refractivity contribution in [2.75, 3.05) is 25.2 Å². The summed E-state index contributed by atoms with van der Waals surface area (Å²) in [6.45, 7) is -0.947. The summed E-state index contributed by atoms with van der Waals surface area (Å²) in [7, 11) is -15.1. The van der Waals surface area contributed by atoms with Crippen LogP contribution in [0.1, 0.15) is 6.23 Å².